The quantitative estimate of drug-likeness (QED) is 0.750. The van der Waals surface area contributed by atoms with Gasteiger partial charge in [0.2, 0.25) is 5.88 Å². The lowest BCUT2D eigenvalue weighted by atomic mass is 10.1. The van der Waals surface area contributed by atoms with Crippen LogP contribution in [0.5, 0.6) is 5.88 Å². The number of nitrogens with zero attached hydrogens (tertiary/aromatic N) is 3. The Morgan fingerprint density at radius 2 is 2.20 bits per heavy atom. The second kappa shape index (κ2) is 3.85. The second-order valence-corrected chi connectivity index (χ2v) is 3.76. The SMILES string of the molecule is COc1nc(C2CC2)nc(C)c1CC#N. The summed E-state index contributed by atoms with van der Waals surface area (Å²) < 4.78 is 5.20. The summed E-state index contributed by atoms with van der Waals surface area (Å²) in [5.74, 6) is 1.94. The van der Waals surface area contributed by atoms with Crippen LogP contribution in [-0.4, -0.2) is 17.1 Å². The molecule has 0 atom stereocenters. The third-order valence-corrected chi connectivity index (χ3v) is 2.58. The van der Waals surface area contributed by atoms with Gasteiger partial charge in [0.05, 0.1) is 19.6 Å². The first kappa shape index (κ1) is 9.91. The van der Waals surface area contributed by atoms with Gasteiger partial charge >= 0.3 is 0 Å². The summed E-state index contributed by atoms with van der Waals surface area (Å²) >= 11 is 0. The van der Waals surface area contributed by atoms with Crippen molar-refractivity contribution in [3.05, 3.63) is 17.1 Å². The third kappa shape index (κ3) is 1.91. The molecule has 1 aliphatic rings. The van der Waals surface area contributed by atoms with Gasteiger partial charge in [-0.3, -0.25) is 0 Å². The minimum absolute atomic E-state index is 0.306. The van der Waals surface area contributed by atoms with Crippen LogP contribution in [0.15, 0.2) is 0 Å². The van der Waals surface area contributed by atoms with Crippen LogP contribution in [0, 0.1) is 18.3 Å². The topological polar surface area (TPSA) is 58.8 Å². The molecule has 1 aromatic heterocycles. The Morgan fingerprint density at radius 3 is 2.73 bits per heavy atom. The number of aromatic nitrogens is 2. The van der Waals surface area contributed by atoms with Crippen LogP contribution in [0.25, 0.3) is 0 Å². The highest BCUT2D eigenvalue weighted by molar-refractivity contribution is 5.33. The van der Waals surface area contributed by atoms with E-state index in [2.05, 4.69) is 16.0 Å². The minimum Gasteiger partial charge on any atom is -0.481 e. The molecular weight excluding hydrogens is 190 g/mol. The number of hydrogen-bond acceptors (Lipinski definition) is 4. The number of ether oxygens (including phenoxy) is 1. The Bertz CT molecular complexity index is 419. The van der Waals surface area contributed by atoms with Crippen molar-refractivity contribution in [2.45, 2.75) is 32.1 Å². The monoisotopic (exact) mass is 203 g/mol. The fraction of sp³-hybridized carbons (Fsp3) is 0.545. The molecule has 1 saturated carbocycles. The highest BCUT2D eigenvalue weighted by atomic mass is 16.5. The first-order valence-electron chi connectivity index (χ1n) is 5.04. The van der Waals surface area contributed by atoms with Crippen LogP contribution < -0.4 is 4.74 Å². The van der Waals surface area contributed by atoms with Crippen molar-refractivity contribution in [2.24, 2.45) is 0 Å². The van der Waals surface area contributed by atoms with Gasteiger partial charge in [-0.2, -0.15) is 10.2 Å². The maximum atomic E-state index is 8.69. The average Bonchev–Trinajstić information content (AvgIpc) is 3.04. The van der Waals surface area contributed by atoms with E-state index in [1.165, 1.54) is 12.8 Å². The van der Waals surface area contributed by atoms with Crippen molar-refractivity contribution < 1.29 is 4.74 Å². The summed E-state index contributed by atoms with van der Waals surface area (Å²) in [4.78, 5) is 8.77. The number of hydrogen-bond donors (Lipinski definition) is 0. The maximum Gasteiger partial charge on any atom is 0.220 e. The fourth-order valence-electron chi connectivity index (χ4n) is 1.57. The van der Waals surface area contributed by atoms with Crippen molar-refractivity contribution in [1.29, 1.82) is 5.26 Å². The van der Waals surface area contributed by atoms with E-state index in [-0.39, 0.29) is 0 Å². The molecule has 0 spiro atoms. The van der Waals surface area contributed by atoms with Gasteiger partial charge in [0.1, 0.15) is 5.82 Å². The second-order valence-electron chi connectivity index (χ2n) is 3.76. The van der Waals surface area contributed by atoms with E-state index in [1.807, 2.05) is 6.92 Å². The third-order valence-electron chi connectivity index (χ3n) is 2.58. The lowest BCUT2D eigenvalue weighted by molar-refractivity contribution is 0.389. The van der Waals surface area contributed by atoms with Gasteiger partial charge in [-0.15, -0.1) is 0 Å². The van der Waals surface area contributed by atoms with Crippen LogP contribution in [0.2, 0.25) is 0 Å². The number of methoxy groups -OCH3 is 1. The molecule has 78 valence electrons. The average molecular weight is 203 g/mol. The molecule has 0 bridgehead atoms. The molecule has 0 unspecified atom stereocenters. The molecule has 1 fully saturated rings. The summed E-state index contributed by atoms with van der Waals surface area (Å²) in [5, 5.41) is 8.69. The Morgan fingerprint density at radius 1 is 1.47 bits per heavy atom. The van der Waals surface area contributed by atoms with Gasteiger partial charge in [-0.1, -0.05) is 0 Å². The summed E-state index contributed by atoms with van der Waals surface area (Å²) in [5.41, 5.74) is 1.68. The van der Waals surface area contributed by atoms with Crippen molar-refractivity contribution in [3.8, 4) is 11.9 Å². The maximum absolute atomic E-state index is 8.69. The smallest absolute Gasteiger partial charge is 0.220 e. The van der Waals surface area contributed by atoms with Gasteiger partial charge in [-0.25, -0.2) is 4.98 Å². The zero-order valence-electron chi connectivity index (χ0n) is 8.95. The van der Waals surface area contributed by atoms with Crippen LogP contribution >= 0.6 is 0 Å². The minimum atomic E-state index is 0.306. The highest BCUT2D eigenvalue weighted by Gasteiger charge is 2.28. The van der Waals surface area contributed by atoms with E-state index < -0.39 is 0 Å². The largest absolute Gasteiger partial charge is 0.481 e. The molecule has 0 aliphatic heterocycles. The summed E-state index contributed by atoms with van der Waals surface area (Å²) in [6, 6.07) is 2.10. The molecule has 0 radical (unpaired) electrons. The molecular formula is C11H13N3O. The van der Waals surface area contributed by atoms with Crippen LogP contribution in [0.4, 0.5) is 0 Å². The van der Waals surface area contributed by atoms with E-state index in [0.29, 0.717) is 18.2 Å². The standard InChI is InChI=1S/C11H13N3O/c1-7-9(5-6-12)11(15-2)14-10(13-7)8-3-4-8/h8H,3-5H2,1-2H3. The summed E-state index contributed by atoms with van der Waals surface area (Å²) in [6.45, 7) is 1.91. The lowest BCUT2D eigenvalue weighted by Crippen LogP contribution is -2.04. The van der Waals surface area contributed by atoms with Crippen molar-refractivity contribution in [2.75, 3.05) is 7.11 Å². The Labute approximate surface area is 88.9 Å². The molecule has 2 rings (SSSR count). The van der Waals surface area contributed by atoms with E-state index >= 15 is 0 Å². The molecule has 1 heterocycles. The first-order chi connectivity index (χ1) is 7.26. The summed E-state index contributed by atoms with van der Waals surface area (Å²) in [7, 11) is 1.58. The van der Waals surface area contributed by atoms with Crippen LogP contribution in [0.3, 0.4) is 0 Å². The van der Waals surface area contributed by atoms with Gasteiger partial charge in [-0.05, 0) is 19.8 Å². The number of nitriles is 1. The normalized spacial score (nSPS) is 14.7. The van der Waals surface area contributed by atoms with Crippen LogP contribution in [0.1, 0.15) is 35.8 Å². The van der Waals surface area contributed by atoms with E-state index in [1.54, 1.807) is 7.11 Å². The molecule has 4 nitrogen and oxygen atoms in total. The van der Waals surface area contributed by atoms with Gasteiger partial charge < -0.3 is 4.74 Å². The molecule has 0 N–H and O–H groups in total. The Hall–Kier alpha value is -1.63. The molecule has 15 heavy (non-hydrogen) atoms. The van der Waals surface area contributed by atoms with Gasteiger partial charge in [0.15, 0.2) is 0 Å². The molecule has 0 amide bonds. The summed E-state index contributed by atoms with van der Waals surface area (Å²) in [6.07, 6.45) is 2.64. The number of aryl methyl sites for hydroxylation is 1. The van der Waals surface area contributed by atoms with Gasteiger partial charge in [0, 0.05) is 17.2 Å². The van der Waals surface area contributed by atoms with E-state index in [0.717, 1.165) is 17.1 Å². The molecule has 4 heteroatoms. The Kier molecular flexibility index (Phi) is 2.55. The Balaban J connectivity index is 2.42. The first-order valence-corrected chi connectivity index (χ1v) is 5.04. The lowest BCUT2D eigenvalue weighted by Gasteiger charge is -2.09. The van der Waals surface area contributed by atoms with Gasteiger partial charge in [0.25, 0.3) is 0 Å². The number of rotatable bonds is 3. The molecule has 0 aromatic carbocycles. The molecule has 0 saturated heterocycles. The highest BCUT2D eigenvalue weighted by Crippen LogP contribution is 2.39. The van der Waals surface area contributed by atoms with Crippen molar-refractivity contribution in [3.63, 3.8) is 0 Å². The van der Waals surface area contributed by atoms with E-state index in [9.17, 15) is 0 Å². The predicted octanol–water partition coefficient (Wildman–Crippen LogP) is 1.74. The zero-order chi connectivity index (χ0) is 10.8. The van der Waals surface area contributed by atoms with E-state index in [4.69, 9.17) is 10.00 Å². The molecule has 1 aromatic rings. The zero-order valence-corrected chi connectivity index (χ0v) is 8.95. The molecule has 1 aliphatic carbocycles. The fourth-order valence-corrected chi connectivity index (χ4v) is 1.57. The van der Waals surface area contributed by atoms with Crippen LogP contribution in [-0.2, 0) is 6.42 Å². The predicted molar refractivity (Wildman–Crippen MR) is 54.6 cm³/mol. The van der Waals surface area contributed by atoms with Crippen molar-refractivity contribution in [1.82, 2.24) is 9.97 Å². The van der Waals surface area contributed by atoms with Crippen molar-refractivity contribution >= 4 is 0 Å².